The average molecular weight is 386 g/mol. The van der Waals surface area contributed by atoms with E-state index in [1.807, 2.05) is 29.2 Å². The van der Waals surface area contributed by atoms with Gasteiger partial charge in [0.1, 0.15) is 5.75 Å². The minimum atomic E-state index is -0.713. The number of hydrogen-bond donors (Lipinski definition) is 1. The molecule has 2 atom stereocenters. The molecule has 1 aliphatic carbocycles. The van der Waals surface area contributed by atoms with Crippen LogP contribution in [-0.4, -0.2) is 59.4 Å². The molecule has 2 heterocycles. The highest BCUT2D eigenvalue weighted by Crippen LogP contribution is 2.59. The molecule has 2 unspecified atom stereocenters. The molecule has 2 saturated heterocycles. The maximum absolute atomic E-state index is 12.9. The summed E-state index contributed by atoms with van der Waals surface area (Å²) in [7, 11) is 1.61. The Labute approximate surface area is 164 Å². The Hall–Kier alpha value is -2.57. The molecular formula is C21H26N2O5. The summed E-state index contributed by atoms with van der Waals surface area (Å²) in [6.07, 6.45) is 2.51. The lowest BCUT2D eigenvalue weighted by Crippen LogP contribution is -2.43. The lowest BCUT2D eigenvalue weighted by Gasteiger charge is -2.34. The summed E-state index contributed by atoms with van der Waals surface area (Å²) in [5.41, 5.74) is 0.921. The molecule has 1 N–H and O–H groups in total. The van der Waals surface area contributed by atoms with Crippen molar-refractivity contribution in [2.24, 2.45) is 17.3 Å². The first kappa shape index (κ1) is 18.8. The number of carbonyl (C=O) groups is 3. The number of nitrogens with zero attached hydrogens (tertiary/aromatic N) is 2. The fraction of sp³-hybridized carbons (Fsp3) is 0.571. The van der Waals surface area contributed by atoms with Crippen LogP contribution < -0.4 is 4.74 Å². The van der Waals surface area contributed by atoms with Crippen molar-refractivity contribution in [3.8, 4) is 5.75 Å². The van der Waals surface area contributed by atoms with E-state index in [0.717, 1.165) is 30.6 Å². The summed E-state index contributed by atoms with van der Waals surface area (Å²) >= 11 is 0. The van der Waals surface area contributed by atoms with Gasteiger partial charge in [-0.05, 0) is 42.4 Å². The number of likely N-dealkylation sites (tertiary alicyclic amines) is 2. The first-order chi connectivity index (χ1) is 13.4. The van der Waals surface area contributed by atoms with Crippen molar-refractivity contribution in [1.29, 1.82) is 0 Å². The number of ether oxygens (including phenoxy) is 1. The minimum Gasteiger partial charge on any atom is -0.497 e. The van der Waals surface area contributed by atoms with Crippen LogP contribution in [0.5, 0.6) is 5.75 Å². The fourth-order valence-electron chi connectivity index (χ4n) is 4.72. The predicted octanol–water partition coefficient (Wildman–Crippen LogP) is 1.76. The van der Waals surface area contributed by atoms with Gasteiger partial charge in [-0.3, -0.25) is 14.4 Å². The molecule has 28 heavy (non-hydrogen) atoms. The van der Waals surface area contributed by atoms with Crippen molar-refractivity contribution in [3.63, 3.8) is 0 Å². The molecule has 0 bridgehead atoms. The Balaban J connectivity index is 1.31. The third-order valence-electron chi connectivity index (χ3n) is 6.65. The highest BCUT2D eigenvalue weighted by Gasteiger charge is 2.59. The molecule has 0 aromatic heterocycles. The number of methoxy groups -OCH3 is 1. The van der Waals surface area contributed by atoms with Crippen molar-refractivity contribution in [2.45, 2.75) is 32.2 Å². The van der Waals surface area contributed by atoms with E-state index in [9.17, 15) is 19.5 Å². The van der Waals surface area contributed by atoms with Crippen LogP contribution in [0.4, 0.5) is 0 Å². The van der Waals surface area contributed by atoms with Gasteiger partial charge in [-0.25, -0.2) is 0 Å². The molecule has 3 aliphatic rings. The Kier molecular flexibility index (Phi) is 4.77. The van der Waals surface area contributed by atoms with Crippen molar-refractivity contribution in [3.05, 3.63) is 29.8 Å². The Bertz CT molecular complexity index is 782. The quantitative estimate of drug-likeness (QED) is 0.833. The molecule has 4 rings (SSSR count). The normalized spacial score (nSPS) is 25.8. The van der Waals surface area contributed by atoms with Gasteiger partial charge in [-0.2, -0.15) is 0 Å². The van der Waals surface area contributed by atoms with E-state index >= 15 is 0 Å². The standard InChI is InChI=1S/C21H26N2O5/c1-28-16-4-2-14(3-5-16)12-23-13-15(10-18(23)24)19(25)22-8-6-21(7-9-22)11-17(21)20(26)27/h2-5,15,17H,6-13H2,1H3,(H,26,27). The Morgan fingerprint density at radius 1 is 1.21 bits per heavy atom. The molecule has 150 valence electrons. The van der Waals surface area contributed by atoms with Crippen LogP contribution in [0.25, 0.3) is 0 Å². The van der Waals surface area contributed by atoms with Crippen LogP contribution in [0, 0.1) is 17.3 Å². The molecule has 2 amide bonds. The molecule has 3 fully saturated rings. The molecule has 1 aromatic rings. The SMILES string of the molecule is COc1ccc(CN2CC(C(=O)N3CCC4(CC3)CC4C(=O)O)CC2=O)cc1. The second-order valence-corrected chi connectivity index (χ2v) is 8.31. The van der Waals surface area contributed by atoms with Gasteiger partial charge in [0.05, 0.1) is 18.9 Å². The van der Waals surface area contributed by atoms with Crippen molar-refractivity contribution in [2.75, 3.05) is 26.7 Å². The monoisotopic (exact) mass is 386 g/mol. The van der Waals surface area contributed by atoms with E-state index in [1.54, 1.807) is 12.0 Å². The molecular weight excluding hydrogens is 360 g/mol. The van der Waals surface area contributed by atoms with Crippen LogP contribution >= 0.6 is 0 Å². The summed E-state index contributed by atoms with van der Waals surface area (Å²) in [4.78, 5) is 40.0. The zero-order chi connectivity index (χ0) is 19.9. The van der Waals surface area contributed by atoms with Gasteiger partial charge in [0.2, 0.25) is 11.8 Å². The zero-order valence-electron chi connectivity index (χ0n) is 16.1. The lowest BCUT2D eigenvalue weighted by atomic mass is 9.90. The first-order valence-corrected chi connectivity index (χ1v) is 9.84. The fourth-order valence-corrected chi connectivity index (χ4v) is 4.72. The summed E-state index contributed by atoms with van der Waals surface area (Å²) in [5.74, 6) is -0.431. The van der Waals surface area contributed by atoms with Gasteiger partial charge in [-0.1, -0.05) is 12.1 Å². The van der Waals surface area contributed by atoms with Crippen molar-refractivity contribution >= 4 is 17.8 Å². The average Bonchev–Trinajstić information content (AvgIpc) is 3.28. The van der Waals surface area contributed by atoms with Crippen molar-refractivity contribution in [1.82, 2.24) is 9.80 Å². The van der Waals surface area contributed by atoms with Crippen LogP contribution in [0.2, 0.25) is 0 Å². The van der Waals surface area contributed by atoms with E-state index < -0.39 is 5.97 Å². The minimum absolute atomic E-state index is 0.00998. The number of carbonyl (C=O) groups excluding carboxylic acids is 2. The predicted molar refractivity (Wildman–Crippen MR) is 101 cm³/mol. The van der Waals surface area contributed by atoms with Gasteiger partial charge >= 0.3 is 5.97 Å². The summed E-state index contributed by atoms with van der Waals surface area (Å²) < 4.78 is 5.15. The van der Waals surface area contributed by atoms with Gasteiger partial charge in [0, 0.05) is 32.6 Å². The molecule has 7 heteroatoms. The van der Waals surface area contributed by atoms with Gasteiger partial charge in [0.25, 0.3) is 0 Å². The maximum Gasteiger partial charge on any atom is 0.307 e. The van der Waals surface area contributed by atoms with E-state index in [2.05, 4.69) is 0 Å². The number of aliphatic carboxylic acids is 1. The maximum atomic E-state index is 12.9. The number of benzene rings is 1. The summed E-state index contributed by atoms with van der Waals surface area (Å²) in [6.45, 7) is 2.15. The number of piperidine rings is 1. The molecule has 1 aromatic carbocycles. The Morgan fingerprint density at radius 2 is 1.89 bits per heavy atom. The smallest absolute Gasteiger partial charge is 0.307 e. The van der Waals surface area contributed by atoms with Gasteiger partial charge in [-0.15, -0.1) is 0 Å². The van der Waals surface area contributed by atoms with Gasteiger partial charge < -0.3 is 19.6 Å². The second-order valence-electron chi connectivity index (χ2n) is 8.31. The summed E-state index contributed by atoms with van der Waals surface area (Å²) in [6, 6.07) is 7.59. The second kappa shape index (κ2) is 7.11. The van der Waals surface area contributed by atoms with E-state index in [-0.39, 0.29) is 35.5 Å². The first-order valence-electron chi connectivity index (χ1n) is 9.84. The third-order valence-corrected chi connectivity index (χ3v) is 6.65. The topological polar surface area (TPSA) is 87.2 Å². The Morgan fingerprint density at radius 3 is 2.46 bits per heavy atom. The number of hydrogen-bond acceptors (Lipinski definition) is 4. The highest BCUT2D eigenvalue weighted by molar-refractivity contribution is 5.89. The van der Waals surface area contributed by atoms with E-state index in [0.29, 0.717) is 26.2 Å². The van der Waals surface area contributed by atoms with Crippen LogP contribution in [0.15, 0.2) is 24.3 Å². The number of amides is 2. The largest absolute Gasteiger partial charge is 0.497 e. The van der Waals surface area contributed by atoms with Crippen molar-refractivity contribution < 1.29 is 24.2 Å². The van der Waals surface area contributed by atoms with Crippen LogP contribution in [0.3, 0.4) is 0 Å². The molecule has 2 aliphatic heterocycles. The highest BCUT2D eigenvalue weighted by atomic mass is 16.5. The molecule has 1 saturated carbocycles. The third kappa shape index (κ3) is 3.45. The van der Waals surface area contributed by atoms with E-state index in [1.165, 1.54) is 0 Å². The number of carboxylic acids is 1. The molecule has 0 radical (unpaired) electrons. The lowest BCUT2D eigenvalue weighted by molar-refractivity contribution is -0.140. The number of rotatable bonds is 5. The van der Waals surface area contributed by atoms with Gasteiger partial charge in [0.15, 0.2) is 0 Å². The zero-order valence-corrected chi connectivity index (χ0v) is 16.1. The number of carboxylic acid groups (broad SMARTS) is 1. The van der Waals surface area contributed by atoms with E-state index in [4.69, 9.17) is 4.74 Å². The molecule has 1 spiro atoms. The van der Waals surface area contributed by atoms with Crippen LogP contribution in [-0.2, 0) is 20.9 Å². The summed E-state index contributed by atoms with van der Waals surface area (Å²) in [5, 5.41) is 9.20. The molecule has 7 nitrogen and oxygen atoms in total. The van der Waals surface area contributed by atoms with Crippen LogP contribution in [0.1, 0.15) is 31.2 Å².